The Balaban J connectivity index is 3.94. The second-order valence-electron chi connectivity index (χ2n) is 3.07. The number of nitrogens with one attached hydrogen (secondary N) is 1. The molecule has 0 saturated heterocycles. The van der Waals surface area contributed by atoms with Gasteiger partial charge in [-0.2, -0.15) is 0 Å². The van der Waals surface area contributed by atoms with E-state index in [-0.39, 0.29) is 0 Å². The fraction of sp³-hybridized carbons (Fsp3) is 1.00. The van der Waals surface area contributed by atoms with Gasteiger partial charge in [-0.05, 0) is 19.4 Å². The summed E-state index contributed by atoms with van der Waals surface area (Å²) in [5.41, 5.74) is 0. The van der Waals surface area contributed by atoms with E-state index in [1.165, 1.54) is 6.42 Å². The fourth-order valence-corrected chi connectivity index (χ4v) is 1.41. The Hall–Kier alpha value is 0.690. The van der Waals surface area contributed by atoms with Gasteiger partial charge in [0.05, 0.1) is 0 Å². The molecule has 10 heavy (non-hydrogen) atoms. The van der Waals surface area contributed by atoms with E-state index in [1.807, 2.05) is 7.05 Å². The average Bonchev–Trinajstić information content (AvgIpc) is 1.88. The van der Waals surface area contributed by atoms with Crippen LogP contribution in [0, 0.1) is 5.92 Å². The molecule has 0 fully saturated rings. The van der Waals surface area contributed by atoms with Crippen molar-refractivity contribution >= 4 is 22.6 Å². The SMILES string of the molecule is CCC(I)(CNC)C(C)C. The number of hydrogen-bond acceptors (Lipinski definition) is 1. The van der Waals surface area contributed by atoms with Gasteiger partial charge in [-0.15, -0.1) is 0 Å². The van der Waals surface area contributed by atoms with Gasteiger partial charge < -0.3 is 5.32 Å². The van der Waals surface area contributed by atoms with Gasteiger partial charge in [0.1, 0.15) is 0 Å². The number of hydrogen-bond donors (Lipinski definition) is 1. The van der Waals surface area contributed by atoms with E-state index in [4.69, 9.17) is 0 Å². The van der Waals surface area contributed by atoms with Gasteiger partial charge in [0.15, 0.2) is 0 Å². The van der Waals surface area contributed by atoms with Crippen molar-refractivity contribution in [1.82, 2.24) is 5.32 Å². The van der Waals surface area contributed by atoms with Crippen LogP contribution in [-0.4, -0.2) is 17.0 Å². The third-order valence-electron chi connectivity index (χ3n) is 2.09. The van der Waals surface area contributed by atoms with E-state index in [0.717, 1.165) is 12.5 Å². The lowest BCUT2D eigenvalue weighted by atomic mass is 9.93. The maximum Gasteiger partial charge on any atom is 0.0366 e. The summed E-state index contributed by atoms with van der Waals surface area (Å²) in [6, 6.07) is 0. The lowest BCUT2D eigenvalue weighted by Crippen LogP contribution is -2.37. The normalized spacial score (nSPS) is 17.4. The highest BCUT2D eigenvalue weighted by Gasteiger charge is 2.26. The third kappa shape index (κ3) is 2.74. The second-order valence-corrected chi connectivity index (χ2v) is 5.22. The summed E-state index contributed by atoms with van der Waals surface area (Å²) in [6.07, 6.45) is 1.24. The minimum atomic E-state index is 0.451. The Labute approximate surface area is 78.1 Å². The zero-order valence-electron chi connectivity index (χ0n) is 7.37. The summed E-state index contributed by atoms with van der Waals surface area (Å²) in [5.74, 6) is 0.755. The summed E-state index contributed by atoms with van der Waals surface area (Å²) in [5, 5.41) is 3.23. The molecular weight excluding hydrogens is 237 g/mol. The van der Waals surface area contributed by atoms with Gasteiger partial charge in [0, 0.05) is 9.97 Å². The topological polar surface area (TPSA) is 12.0 Å². The third-order valence-corrected chi connectivity index (χ3v) is 4.48. The van der Waals surface area contributed by atoms with Crippen LogP contribution in [-0.2, 0) is 0 Å². The van der Waals surface area contributed by atoms with Crippen LogP contribution in [0.3, 0.4) is 0 Å². The van der Waals surface area contributed by atoms with Gasteiger partial charge in [-0.25, -0.2) is 0 Å². The summed E-state index contributed by atoms with van der Waals surface area (Å²) in [4.78, 5) is 0. The minimum Gasteiger partial charge on any atom is -0.318 e. The highest BCUT2D eigenvalue weighted by atomic mass is 127. The van der Waals surface area contributed by atoms with Crippen LogP contribution in [0.2, 0.25) is 0 Å². The van der Waals surface area contributed by atoms with Gasteiger partial charge in [0.25, 0.3) is 0 Å². The first-order chi connectivity index (χ1) is 4.56. The number of alkyl halides is 1. The number of halogens is 1. The first-order valence-corrected chi connectivity index (χ1v) is 4.98. The lowest BCUT2D eigenvalue weighted by molar-refractivity contribution is 0.430. The van der Waals surface area contributed by atoms with E-state index in [0.29, 0.717) is 3.42 Å². The molecule has 0 aliphatic carbocycles. The quantitative estimate of drug-likeness (QED) is 0.601. The molecule has 1 N–H and O–H groups in total. The Morgan fingerprint density at radius 1 is 1.50 bits per heavy atom. The predicted molar refractivity (Wildman–Crippen MR) is 55.8 cm³/mol. The van der Waals surface area contributed by atoms with Crippen molar-refractivity contribution in [2.45, 2.75) is 30.6 Å². The van der Waals surface area contributed by atoms with E-state index in [9.17, 15) is 0 Å². The molecule has 0 saturated carbocycles. The van der Waals surface area contributed by atoms with Crippen LogP contribution in [0.5, 0.6) is 0 Å². The van der Waals surface area contributed by atoms with Crippen molar-refractivity contribution in [1.29, 1.82) is 0 Å². The van der Waals surface area contributed by atoms with Gasteiger partial charge in [-0.1, -0.05) is 43.4 Å². The highest BCUT2D eigenvalue weighted by Crippen LogP contribution is 2.30. The summed E-state index contributed by atoms with van der Waals surface area (Å²) >= 11 is 2.57. The van der Waals surface area contributed by atoms with Crippen molar-refractivity contribution < 1.29 is 0 Å². The first kappa shape index (κ1) is 10.7. The molecule has 0 heterocycles. The standard InChI is InChI=1S/C8H18IN/c1-5-8(9,6-10-4)7(2)3/h7,10H,5-6H2,1-4H3. The molecule has 0 aliphatic heterocycles. The molecule has 0 bridgehead atoms. The molecule has 0 aliphatic rings. The second kappa shape index (κ2) is 4.54. The zero-order valence-corrected chi connectivity index (χ0v) is 9.53. The summed E-state index contributed by atoms with van der Waals surface area (Å²) in [6.45, 7) is 7.94. The molecular formula is C8H18IN. The molecule has 0 aromatic rings. The molecule has 1 unspecified atom stereocenters. The van der Waals surface area contributed by atoms with Crippen LogP contribution in [0.1, 0.15) is 27.2 Å². The Morgan fingerprint density at radius 2 is 2.00 bits per heavy atom. The molecule has 62 valence electrons. The van der Waals surface area contributed by atoms with Crippen LogP contribution in [0.15, 0.2) is 0 Å². The molecule has 1 atom stereocenters. The molecule has 0 radical (unpaired) electrons. The Bertz CT molecular complexity index is 93.3. The van der Waals surface area contributed by atoms with Crippen molar-refractivity contribution in [3.63, 3.8) is 0 Å². The summed E-state index contributed by atoms with van der Waals surface area (Å²) < 4.78 is 0.451. The van der Waals surface area contributed by atoms with Crippen LogP contribution in [0.25, 0.3) is 0 Å². The molecule has 0 rings (SSSR count). The van der Waals surface area contributed by atoms with E-state index < -0.39 is 0 Å². The monoisotopic (exact) mass is 255 g/mol. The van der Waals surface area contributed by atoms with Crippen molar-refractivity contribution in [2.24, 2.45) is 5.92 Å². The predicted octanol–water partition coefficient (Wildman–Crippen LogP) is 2.45. The molecule has 2 heteroatoms. The van der Waals surface area contributed by atoms with E-state index in [2.05, 4.69) is 48.7 Å². The zero-order chi connectivity index (χ0) is 8.20. The van der Waals surface area contributed by atoms with Crippen molar-refractivity contribution in [3.8, 4) is 0 Å². The van der Waals surface area contributed by atoms with E-state index in [1.54, 1.807) is 0 Å². The fourth-order valence-electron chi connectivity index (χ4n) is 1.03. The lowest BCUT2D eigenvalue weighted by Gasteiger charge is -2.30. The van der Waals surface area contributed by atoms with Crippen LogP contribution in [0.4, 0.5) is 0 Å². The average molecular weight is 255 g/mol. The van der Waals surface area contributed by atoms with Gasteiger partial charge in [-0.3, -0.25) is 0 Å². The molecule has 0 amide bonds. The Morgan fingerprint density at radius 3 is 2.10 bits per heavy atom. The highest BCUT2D eigenvalue weighted by molar-refractivity contribution is 14.1. The number of rotatable bonds is 4. The van der Waals surface area contributed by atoms with Crippen molar-refractivity contribution in [3.05, 3.63) is 0 Å². The summed E-state index contributed by atoms with van der Waals surface area (Å²) in [7, 11) is 2.02. The maximum absolute atomic E-state index is 3.23. The van der Waals surface area contributed by atoms with E-state index >= 15 is 0 Å². The largest absolute Gasteiger partial charge is 0.318 e. The molecule has 1 nitrogen and oxygen atoms in total. The minimum absolute atomic E-state index is 0.451. The van der Waals surface area contributed by atoms with Gasteiger partial charge in [0.2, 0.25) is 0 Å². The smallest absolute Gasteiger partial charge is 0.0366 e. The first-order valence-electron chi connectivity index (χ1n) is 3.90. The maximum atomic E-state index is 3.23. The molecule has 0 aromatic carbocycles. The molecule has 0 spiro atoms. The van der Waals surface area contributed by atoms with Crippen molar-refractivity contribution in [2.75, 3.05) is 13.6 Å². The van der Waals surface area contributed by atoms with Crippen LogP contribution >= 0.6 is 22.6 Å². The molecule has 0 aromatic heterocycles. The Kier molecular flexibility index (Phi) is 4.86. The van der Waals surface area contributed by atoms with Gasteiger partial charge >= 0.3 is 0 Å². The van der Waals surface area contributed by atoms with Crippen LogP contribution < -0.4 is 5.32 Å².